The summed E-state index contributed by atoms with van der Waals surface area (Å²) in [6.45, 7) is 2.23. The Morgan fingerprint density at radius 2 is 2.00 bits per heavy atom. The van der Waals surface area contributed by atoms with Gasteiger partial charge in [-0.25, -0.2) is 0 Å². The molecule has 0 aromatic heterocycles. The highest BCUT2D eigenvalue weighted by Crippen LogP contribution is 2.38. The first-order chi connectivity index (χ1) is 9.13. The molecule has 0 aliphatic carbocycles. The summed E-state index contributed by atoms with van der Waals surface area (Å²) in [5.41, 5.74) is 1.29. The van der Waals surface area contributed by atoms with Gasteiger partial charge >= 0.3 is 0 Å². The number of hydrogen-bond acceptors (Lipinski definition) is 3. The van der Waals surface area contributed by atoms with Crippen LogP contribution in [0.4, 0.5) is 0 Å². The first-order valence-electron chi connectivity index (χ1n) is 6.84. The Labute approximate surface area is 124 Å². The summed E-state index contributed by atoms with van der Waals surface area (Å²) < 4.78 is 6.67. The zero-order chi connectivity index (χ0) is 13.8. The molecule has 19 heavy (non-hydrogen) atoms. The van der Waals surface area contributed by atoms with E-state index in [2.05, 4.69) is 52.4 Å². The molecule has 106 valence electrons. The van der Waals surface area contributed by atoms with E-state index in [0.29, 0.717) is 12.0 Å². The third-order valence-electron chi connectivity index (χ3n) is 3.90. The number of rotatable bonds is 4. The van der Waals surface area contributed by atoms with E-state index < -0.39 is 0 Å². The van der Waals surface area contributed by atoms with Crippen molar-refractivity contribution in [2.45, 2.75) is 18.9 Å². The maximum Gasteiger partial charge on any atom is 0.123 e. The highest BCUT2D eigenvalue weighted by molar-refractivity contribution is 9.10. The lowest BCUT2D eigenvalue weighted by atomic mass is 9.85. The molecule has 1 heterocycles. The number of nitrogens with one attached hydrogen (secondary N) is 1. The summed E-state index contributed by atoms with van der Waals surface area (Å²) in [5.74, 6) is 1.67. The average molecular weight is 327 g/mol. The van der Waals surface area contributed by atoms with Crippen LogP contribution in [0, 0.1) is 5.92 Å². The molecule has 1 aromatic rings. The third-order valence-corrected chi connectivity index (χ3v) is 4.39. The van der Waals surface area contributed by atoms with Crippen LogP contribution in [0.2, 0.25) is 0 Å². The Morgan fingerprint density at radius 3 is 2.58 bits per heavy atom. The molecule has 1 saturated heterocycles. The Balaban J connectivity index is 2.34. The van der Waals surface area contributed by atoms with E-state index in [-0.39, 0.29) is 0 Å². The summed E-state index contributed by atoms with van der Waals surface area (Å²) >= 11 is 3.58. The minimum Gasteiger partial charge on any atom is -0.496 e. The van der Waals surface area contributed by atoms with Crippen molar-refractivity contribution in [1.82, 2.24) is 10.2 Å². The van der Waals surface area contributed by atoms with Crippen LogP contribution in [0.5, 0.6) is 5.75 Å². The van der Waals surface area contributed by atoms with E-state index in [4.69, 9.17) is 4.74 Å². The summed E-state index contributed by atoms with van der Waals surface area (Å²) in [7, 11) is 6.07. The maximum absolute atomic E-state index is 5.56. The maximum atomic E-state index is 5.56. The van der Waals surface area contributed by atoms with Gasteiger partial charge in [-0.15, -0.1) is 0 Å². The molecule has 0 bridgehead atoms. The number of nitrogens with zero attached hydrogens (tertiary/aromatic N) is 1. The zero-order valence-corrected chi connectivity index (χ0v) is 13.5. The van der Waals surface area contributed by atoms with Crippen LogP contribution in [-0.4, -0.2) is 39.2 Å². The van der Waals surface area contributed by atoms with Gasteiger partial charge in [-0.2, -0.15) is 0 Å². The van der Waals surface area contributed by atoms with Crippen molar-refractivity contribution < 1.29 is 4.74 Å². The van der Waals surface area contributed by atoms with Crippen molar-refractivity contribution in [3.63, 3.8) is 0 Å². The molecule has 1 atom stereocenters. The van der Waals surface area contributed by atoms with Crippen molar-refractivity contribution in [1.29, 1.82) is 0 Å². The van der Waals surface area contributed by atoms with Crippen LogP contribution < -0.4 is 10.1 Å². The van der Waals surface area contributed by atoms with E-state index >= 15 is 0 Å². The van der Waals surface area contributed by atoms with Crippen molar-refractivity contribution in [3.8, 4) is 5.75 Å². The summed E-state index contributed by atoms with van der Waals surface area (Å²) in [6, 6.07) is 6.70. The fraction of sp³-hybridized carbons (Fsp3) is 0.600. The molecule has 0 saturated carbocycles. The molecule has 3 nitrogen and oxygen atoms in total. The Kier molecular flexibility index (Phi) is 5.25. The second-order valence-corrected chi connectivity index (χ2v) is 6.30. The van der Waals surface area contributed by atoms with E-state index in [0.717, 1.165) is 23.3 Å². The standard InChI is InChI=1S/C15H23BrN2O/c1-18(2)15(11-6-8-17-9-7-11)13-10-12(16)4-5-14(13)19-3/h4-5,10-11,15,17H,6-9H2,1-3H3. The molecule has 4 heteroatoms. The van der Waals surface area contributed by atoms with Crippen LogP contribution in [0.1, 0.15) is 24.4 Å². The summed E-state index contributed by atoms with van der Waals surface area (Å²) in [6.07, 6.45) is 2.44. The SMILES string of the molecule is COc1ccc(Br)cc1C(C1CCNCC1)N(C)C. The second-order valence-electron chi connectivity index (χ2n) is 5.38. The van der Waals surface area contributed by atoms with Gasteiger partial charge in [0, 0.05) is 16.1 Å². The first kappa shape index (κ1) is 14.8. The molecular weight excluding hydrogens is 304 g/mol. The topological polar surface area (TPSA) is 24.5 Å². The van der Waals surface area contributed by atoms with Gasteiger partial charge in [0.15, 0.2) is 0 Å². The number of benzene rings is 1. The monoisotopic (exact) mass is 326 g/mol. The molecule has 0 radical (unpaired) electrons. The van der Waals surface area contributed by atoms with Gasteiger partial charge in [0.05, 0.1) is 7.11 Å². The quantitative estimate of drug-likeness (QED) is 0.920. The zero-order valence-electron chi connectivity index (χ0n) is 11.9. The number of ether oxygens (including phenoxy) is 1. The van der Waals surface area contributed by atoms with E-state index in [1.54, 1.807) is 7.11 Å². The number of piperidine rings is 1. The van der Waals surface area contributed by atoms with Gasteiger partial charge in [0.25, 0.3) is 0 Å². The molecule has 2 rings (SSSR count). The van der Waals surface area contributed by atoms with E-state index in [1.807, 2.05) is 6.07 Å². The van der Waals surface area contributed by atoms with Gasteiger partial charge in [0.1, 0.15) is 5.75 Å². The van der Waals surface area contributed by atoms with E-state index in [9.17, 15) is 0 Å². The largest absolute Gasteiger partial charge is 0.496 e. The average Bonchev–Trinajstić information content (AvgIpc) is 2.40. The summed E-state index contributed by atoms with van der Waals surface area (Å²) in [4.78, 5) is 2.32. The molecular formula is C15H23BrN2O. The molecule has 1 fully saturated rings. The number of methoxy groups -OCH3 is 1. The lowest BCUT2D eigenvalue weighted by Gasteiger charge is -2.36. The van der Waals surface area contributed by atoms with Crippen molar-refractivity contribution in [3.05, 3.63) is 28.2 Å². The van der Waals surface area contributed by atoms with Crippen LogP contribution >= 0.6 is 15.9 Å². The highest BCUT2D eigenvalue weighted by atomic mass is 79.9. The summed E-state index contributed by atoms with van der Waals surface area (Å²) in [5, 5.41) is 3.44. The molecule has 1 aromatic carbocycles. The minimum atomic E-state index is 0.412. The van der Waals surface area contributed by atoms with Crippen molar-refractivity contribution >= 4 is 15.9 Å². The van der Waals surface area contributed by atoms with Crippen LogP contribution in [0.25, 0.3) is 0 Å². The number of hydrogen-bond donors (Lipinski definition) is 1. The van der Waals surface area contributed by atoms with Gasteiger partial charge in [-0.3, -0.25) is 0 Å². The van der Waals surface area contributed by atoms with Gasteiger partial charge in [-0.1, -0.05) is 15.9 Å². The first-order valence-corrected chi connectivity index (χ1v) is 7.63. The number of halogens is 1. The molecule has 1 unspecified atom stereocenters. The van der Waals surface area contributed by atoms with Gasteiger partial charge < -0.3 is 15.0 Å². The van der Waals surface area contributed by atoms with Gasteiger partial charge in [0.2, 0.25) is 0 Å². The third kappa shape index (κ3) is 3.50. The predicted molar refractivity (Wildman–Crippen MR) is 82.7 cm³/mol. The molecule has 1 N–H and O–H groups in total. The van der Waals surface area contributed by atoms with Crippen LogP contribution in [0.3, 0.4) is 0 Å². The predicted octanol–water partition coefficient (Wildman–Crippen LogP) is 3.06. The smallest absolute Gasteiger partial charge is 0.123 e. The minimum absolute atomic E-state index is 0.412. The molecule has 1 aliphatic heterocycles. The van der Waals surface area contributed by atoms with Crippen LogP contribution in [-0.2, 0) is 0 Å². The van der Waals surface area contributed by atoms with E-state index in [1.165, 1.54) is 18.4 Å². The lowest BCUT2D eigenvalue weighted by Crippen LogP contribution is -2.36. The van der Waals surface area contributed by atoms with Crippen molar-refractivity contribution in [2.24, 2.45) is 5.92 Å². The fourth-order valence-electron chi connectivity index (χ4n) is 3.05. The fourth-order valence-corrected chi connectivity index (χ4v) is 3.43. The van der Waals surface area contributed by atoms with Gasteiger partial charge in [-0.05, 0) is 64.1 Å². The Hall–Kier alpha value is -0.580. The second kappa shape index (κ2) is 6.73. The lowest BCUT2D eigenvalue weighted by molar-refractivity contribution is 0.174. The van der Waals surface area contributed by atoms with Crippen molar-refractivity contribution in [2.75, 3.05) is 34.3 Å². The highest BCUT2D eigenvalue weighted by Gasteiger charge is 2.29. The normalized spacial score (nSPS) is 18.6. The molecule has 0 amide bonds. The Bertz CT molecular complexity index is 417. The molecule has 0 spiro atoms. The van der Waals surface area contributed by atoms with Crippen LogP contribution in [0.15, 0.2) is 22.7 Å². The Morgan fingerprint density at radius 1 is 1.32 bits per heavy atom. The molecule has 1 aliphatic rings.